The van der Waals surface area contributed by atoms with Crippen LogP contribution in [0.1, 0.15) is 20.3 Å². The summed E-state index contributed by atoms with van der Waals surface area (Å²) in [6.45, 7) is 8.46. The van der Waals surface area contributed by atoms with Gasteiger partial charge in [0.05, 0.1) is 12.7 Å². The van der Waals surface area contributed by atoms with E-state index in [1.807, 2.05) is 0 Å². The maximum absolute atomic E-state index is 5.72. The normalized spacial score (nSPS) is 23.3. The van der Waals surface area contributed by atoms with E-state index in [-0.39, 0.29) is 0 Å². The Hall–Kier alpha value is -0.120. The molecule has 0 bridgehead atoms. The highest BCUT2D eigenvalue weighted by molar-refractivity contribution is 4.71. The highest BCUT2D eigenvalue weighted by Gasteiger charge is 2.14. The second kappa shape index (κ2) is 5.58. The predicted octanol–water partition coefficient (Wildman–Crippen LogP) is 0.705. The average molecular weight is 186 g/mol. The van der Waals surface area contributed by atoms with Gasteiger partial charge in [-0.05, 0) is 33.9 Å². The summed E-state index contributed by atoms with van der Waals surface area (Å²) in [7, 11) is 2.14. The summed E-state index contributed by atoms with van der Waals surface area (Å²) in [5, 5.41) is 3.29. The van der Waals surface area contributed by atoms with Gasteiger partial charge in [0, 0.05) is 19.1 Å². The van der Waals surface area contributed by atoms with Crippen molar-refractivity contribution < 1.29 is 4.74 Å². The molecule has 78 valence electrons. The fourth-order valence-corrected chi connectivity index (χ4v) is 1.39. The van der Waals surface area contributed by atoms with Gasteiger partial charge in [-0.25, -0.2) is 0 Å². The van der Waals surface area contributed by atoms with Gasteiger partial charge in [0.2, 0.25) is 0 Å². The van der Waals surface area contributed by atoms with Crippen molar-refractivity contribution in [2.75, 3.05) is 33.3 Å². The molecule has 1 atom stereocenters. The van der Waals surface area contributed by atoms with Crippen molar-refractivity contribution in [3.63, 3.8) is 0 Å². The van der Waals surface area contributed by atoms with Crippen molar-refractivity contribution in [3.8, 4) is 0 Å². The lowest BCUT2D eigenvalue weighted by Gasteiger charge is -2.21. The summed E-state index contributed by atoms with van der Waals surface area (Å²) in [4.78, 5) is 2.31. The van der Waals surface area contributed by atoms with E-state index in [2.05, 4.69) is 31.1 Å². The average Bonchev–Trinajstić information content (AvgIpc) is 2.56. The summed E-state index contributed by atoms with van der Waals surface area (Å²) >= 11 is 0. The molecule has 0 aliphatic carbocycles. The lowest BCUT2D eigenvalue weighted by Crippen LogP contribution is -2.31. The van der Waals surface area contributed by atoms with Crippen molar-refractivity contribution in [2.24, 2.45) is 0 Å². The molecule has 1 unspecified atom stereocenters. The topological polar surface area (TPSA) is 24.5 Å². The molecule has 1 fully saturated rings. The predicted molar refractivity (Wildman–Crippen MR) is 55.0 cm³/mol. The van der Waals surface area contributed by atoms with Crippen LogP contribution in [-0.4, -0.2) is 50.3 Å². The third kappa shape index (κ3) is 4.07. The van der Waals surface area contributed by atoms with Gasteiger partial charge >= 0.3 is 0 Å². The minimum atomic E-state index is 0.459. The van der Waals surface area contributed by atoms with E-state index in [0.29, 0.717) is 12.1 Å². The van der Waals surface area contributed by atoms with Crippen LogP contribution in [0.4, 0.5) is 0 Å². The number of nitrogens with zero attached hydrogens (tertiary/aromatic N) is 1. The molecule has 0 spiro atoms. The lowest BCUT2D eigenvalue weighted by molar-refractivity contribution is 0.0490. The molecule has 0 aromatic carbocycles. The number of ether oxygens (including phenoxy) is 1. The summed E-state index contributed by atoms with van der Waals surface area (Å²) in [5.41, 5.74) is 0. The molecule has 1 N–H and O–H groups in total. The smallest absolute Gasteiger partial charge is 0.0712 e. The first-order valence-electron chi connectivity index (χ1n) is 5.22. The molecule has 0 aromatic heterocycles. The second-order valence-electron chi connectivity index (χ2n) is 4.06. The molecule has 1 aliphatic rings. The van der Waals surface area contributed by atoms with E-state index >= 15 is 0 Å². The Morgan fingerprint density at radius 3 is 2.85 bits per heavy atom. The molecule has 1 heterocycles. The van der Waals surface area contributed by atoms with Crippen molar-refractivity contribution >= 4 is 0 Å². The molecule has 0 aromatic rings. The van der Waals surface area contributed by atoms with E-state index in [4.69, 9.17) is 4.74 Å². The summed E-state index contributed by atoms with van der Waals surface area (Å²) in [6, 6.07) is 0.616. The Morgan fingerprint density at radius 1 is 1.54 bits per heavy atom. The maximum Gasteiger partial charge on any atom is 0.0712 e. The second-order valence-corrected chi connectivity index (χ2v) is 4.06. The molecule has 3 nitrogen and oxygen atoms in total. The van der Waals surface area contributed by atoms with Crippen molar-refractivity contribution in [1.29, 1.82) is 0 Å². The van der Waals surface area contributed by atoms with Crippen LogP contribution in [0.15, 0.2) is 0 Å². The number of likely N-dealkylation sites (N-methyl/N-ethyl adjacent to an activating group) is 1. The molecule has 0 saturated carbocycles. The van der Waals surface area contributed by atoms with Crippen LogP contribution in [0, 0.1) is 0 Å². The van der Waals surface area contributed by atoms with Gasteiger partial charge < -0.3 is 15.0 Å². The molecular weight excluding hydrogens is 164 g/mol. The molecular formula is C10H22N2O. The fraction of sp³-hybridized carbons (Fsp3) is 1.00. The first-order valence-corrected chi connectivity index (χ1v) is 5.22. The van der Waals surface area contributed by atoms with Crippen LogP contribution in [-0.2, 0) is 4.74 Å². The standard InChI is InChI=1S/C10H22N2O/c1-9(2)12(3)6-7-13-10-4-5-11-8-10/h9-11H,4-8H2,1-3H3. The zero-order valence-electron chi connectivity index (χ0n) is 9.05. The first kappa shape index (κ1) is 11.0. The molecule has 0 amide bonds. The summed E-state index contributed by atoms with van der Waals surface area (Å²) in [6.07, 6.45) is 1.63. The summed E-state index contributed by atoms with van der Waals surface area (Å²) < 4.78 is 5.72. The largest absolute Gasteiger partial charge is 0.376 e. The molecule has 13 heavy (non-hydrogen) atoms. The minimum Gasteiger partial charge on any atom is -0.376 e. The van der Waals surface area contributed by atoms with E-state index in [1.54, 1.807) is 0 Å². The van der Waals surface area contributed by atoms with Gasteiger partial charge in [-0.2, -0.15) is 0 Å². The fourth-order valence-electron chi connectivity index (χ4n) is 1.39. The monoisotopic (exact) mass is 186 g/mol. The Bertz CT molecular complexity index is 131. The molecule has 1 saturated heterocycles. The van der Waals surface area contributed by atoms with E-state index in [9.17, 15) is 0 Å². The van der Waals surface area contributed by atoms with E-state index in [0.717, 1.165) is 26.2 Å². The highest BCUT2D eigenvalue weighted by Crippen LogP contribution is 2.03. The van der Waals surface area contributed by atoms with Crippen LogP contribution in [0.5, 0.6) is 0 Å². The molecule has 1 rings (SSSR count). The molecule has 0 radical (unpaired) electrons. The number of nitrogens with one attached hydrogen (secondary N) is 1. The van der Waals surface area contributed by atoms with Crippen LogP contribution < -0.4 is 5.32 Å². The number of hydrogen-bond donors (Lipinski definition) is 1. The van der Waals surface area contributed by atoms with Crippen molar-refractivity contribution in [1.82, 2.24) is 10.2 Å². The van der Waals surface area contributed by atoms with Gasteiger partial charge in [-0.15, -0.1) is 0 Å². The number of hydrogen-bond acceptors (Lipinski definition) is 3. The zero-order valence-corrected chi connectivity index (χ0v) is 9.05. The molecule has 1 aliphatic heterocycles. The lowest BCUT2D eigenvalue weighted by atomic mass is 10.3. The summed E-state index contributed by atoms with van der Waals surface area (Å²) in [5.74, 6) is 0. The van der Waals surface area contributed by atoms with Crippen molar-refractivity contribution in [3.05, 3.63) is 0 Å². The van der Waals surface area contributed by atoms with Gasteiger partial charge in [0.25, 0.3) is 0 Å². The zero-order chi connectivity index (χ0) is 9.68. The minimum absolute atomic E-state index is 0.459. The Labute approximate surface area is 81.4 Å². The first-order chi connectivity index (χ1) is 6.20. The maximum atomic E-state index is 5.72. The molecule has 3 heteroatoms. The Balaban J connectivity index is 1.99. The Morgan fingerprint density at radius 2 is 2.31 bits per heavy atom. The Kier molecular flexibility index (Phi) is 4.70. The van der Waals surface area contributed by atoms with Crippen molar-refractivity contribution in [2.45, 2.75) is 32.4 Å². The SMILES string of the molecule is CC(C)N(C)CCOC1CCNC1. The third-order valence-electron chi connectivity index (χ3n) is 2.69. The van der Waals surface area contributed by atoms with Crippen LogP contribution >= 0.6 is 0 Å². The van der Waals surface area contributed by atoms with Gasteiger partial charge in [-0.3, -0.25) is 0 Å². The third-order valence-corrected chi connectivity index (χ3v) is 2.69. The van der Waals surface area contributed by atoms with E-state index in [1.165, 1.54) is 6.42 Å². The van der Waals surface area contributed by atoms with Crippen LogP contribution in [0.3, 0.4) is 0 Å². The van der Waals surface area contributed by atoms with E-state index < -0.39 is 0 Å². The highest BCUT2D eigenvalue weighted by atomic mass is 16.5. The quantitative estimate of drug-likeness (QED) is 0.684. The van der Waals surface area contributed by atoms with Crippen LogP contribution in [0.25, 0.3) is 0 Å². The van der Waals surface area contributed by atoms with Gasteiger partial charge in [-0.1, -0.05) is 0 Å². The van der Waals surface area contributed by atoms with Gasteiger partial charge in [0.15, 0.2) is 0 Å². The van der Waals surface area contributed by atoms with Gasteiger partial charge in [0.1, 0.15) is 0 Å². The number of rotatable bonds is 5. The van der Waals surface area contributed by atoms with Crippen LogP contribution in [0.2, 0.25) is 0 Å².